The number of fused-ring (bicyclic) bond motifs is 2. The van der Waals surface area contributed by atoms with E-state index in [2.05, 4.69) is 0 Å². The quantitative estimate of drug-likeness (QED) is 0.778. The van der Waals surface area contributed by atoms with Gasteiger partial charge in [0.25, 0.3) is 0 Å². The minimum Gasteiger partial charge on any atom is -0.466 e. The van der Waals surface area contributed by atoms with E-state index in [4.69, 9.17) is 4.74 Å². The van der Waals surface area contributed by atoms with Crippen LogP contribution in [0.3, 0.4) is 0 Å². The summed E-state index contributed by atoms with van der Waals surface area (Å²) in [6.45, 7) is 2.16. The Morgan fingerprint density at radius 3 is 2.57 bits per heavy atom. The summed E-state index contributed by atoms with van der Waals surface area (Å²) in [4.78, 5) is 26.8. The minimum absolute atomic E-state index is 0.0855. The summed E-state index contributed by atoms with van der Waals surface area (Å²) >= 11 is 1.62. The zero-order chi connectivity index (χ0) is 16.2. The zero-order valence-electron chi connectivity index (χ0n) is 13.0. The molecule has 3 nitrogen and oxygen atoms in total. The van der Waals surface area contributed by atoms with Gasteiger partial charge < -0.3 is 4.74 Å². The number of Topliss-reactive ketones (excluding diaryl/α,β-unsaturated/α-hetero) is 1. The molecule has 2 aromatic rings. The molecule has 0 spiro atoms. The van der Waals surface area contributed by atoms with E-state index in [0.29, 0.717) is 13.0 Å². The third kappa shape index (κ3) is 3.32. The lowest BCUT2D eigenvalue weighted by molar-refractivity contribution is -0.143. The van der Waals surface area contributed by atoms with Crippen molar-refractivity contribution < 1.29 is 14.3 Å². The van der Waals surface area contributed by atoms with Gasteiger partial charge in [-0.25, -0.2) is 0 Å². The molecule has 4 heteroatoms. The van der Waals surface area contributed by atoms with Gasteiger partial charge in [0.1, 0.15) is 0 Å². The molecule has 2 aromatic carbocycles. The van der Waals surface area contributed by atoms with Gasteiger partial charge in [0, 0.05) is 27.7 Å². The molecule has 118 valence electrons. The van der Waals surface area contributed by atoms with E-state index in [9.17, 15) is 9.59 Å². The van der Waals surface area contributed by atoms with Crippen molar-refractivity contribution in [2.75, 3.05) is 6.61 Å². The van der Waals surface area contributed by atoms with Crippen molar-refractivity contribution in [3.05, 3.63) is 59.7 Å². The van der Waals surface area contributed by atoms with Crippen molar-refractivity contribution in [1.29, 1.82) is 0 Å². The van der Waals surface area contributed by atoms with E-state index in [1.165, 1.54) is 0 Å². The van der Waals surface area contributed by atoms with Crippen LogP contribution in [0.5, 0.6) is 0 Å². The molecule has 0 aromatic heterocycles. The van der Waals surface area contributed by atoms with Gasteiger partial charge in [-0.1, -0.05) is 48.2 Å². The van der Waals surface area contributed by atoms with Crippen molar-refractivity contribution in [2.45, 2.75) is 35.5 Å². The summed E-state index contributed by atoms with van der Waals surface area (Å²) in [7, 11) is 0. The number of hydrogen-bond acceptors (Lipinski definition) is 4. The number of benzene rings is 2. The first-order chi connectivity index (χ1) is 11.2. The highest BCUT2D eigenvalue weighted by atomic mass is 32.2. The maximum Gasteiger partial charge on any atom is 0.305 e. The number of hydrogen-bond donors (Lipinski definition) is 0. The summed E-state index contributed by atoms with van der Waals surface area (Å²) < 4.78 is 5.00. The highest BCUT2D eigenvalue weighted by Crippen LogP contribution is 2.42. The van der Waals surface area contributed by atoms with Crippen LogP contribution in [0.25, 0.3) is 0 Å². The molecule has 1 unspecified atom stereocenters. The Labute approximate surface area is 140 Å². The van der Waals surface area contributed by atoms with Crippen molar-refractivity contribution >= 4 is 23.5 Å². The van der Waals surface area contributed by atoms with Gasteiger partial charge in [0.15, 0.2) is 5.78 Å². The van der Waals surface area contributed by atoms with Crippen LogP contribution < -0.4 is 0 Å². The molecule has 3 rings (SSSR count). The summed E-state index contributed by atoms with van der Waals surface area (Å²) in [6.07, 6.45) is 0.731. The second-order valence-corrected chi connectivity index (χ2v) is 6.48. The molecule has 23 heavy (non-hydrogen) atoms. The molecule has 1 atom stereocenters. The van der Waals surface area contributed by atoms with Crippen LogP contribution in [0.1, 0.15) is 41.6 Å². The van der Waals surface area contributed by atoms with Gasteiger partial charge in [-0.15, -0.1) is 0 Å². The van der Waals surface area contributed by atoms with Crippen molar-refractivity contribution in [1.82, 2.24) is 0 Å². The second kappa shape index (κ2) is 7.01. The Bertz CT molecular complexity index is 739. The topological polar surface area (TPSA) is 43.4 Å². The summed E-state index contributed by atoms with van der Waals surface area (Å²) in [6, 6.07) is 15.6. The van der Waals surface area contributed by atoms with Gasteiger partial charge in [-0.2, -0.15) is 0 Å². The number of ketones is 1. The number of carbonyl (C=O) groups excluding carboxylic acids is 2. The number of rotatable bonds is 4. The van der Waals surface area contributed by atoms with Crippen LogP contribution in [-0.2, 0) is 9.53 Å². The summed E-state index contributed by atoms with van der Waals surface area (Å²) in [5.74, 6) is -0.461. The lowest BCUT2D eigenvalue weighted by atomic mass is 9.87. The van der Waals surface area contributed by atoms with Gasteiger partial charge in [0.2, 0.25) is 0 Å². The third-order valence-electron chi connectivity index (χ3n) is 3.93. The average Bonchev–Trinajstić information content (AvgIpc) is 2.68. The standard InChI is InChI=1S/C19H18O3S/c1-2-22-18(20)12-11-14-13-7-3-5-9-16(13)23-17-10-6-4-8-15(17)19(14)21/h3-10,14H,2,11-12H2,1H3. The second-order valence-electron chi connectivity index (χ2n) is 5.40. The van der Waals surface area contributed by atoms with Gasteiger partial charge in [0.05, 0.1) is 6.61 Å². The molecule has 1 heterocycles. The molecule has 0 saturated heterocycles. The van der Waals surface area contributed by atoms with E-state index < -0.39 is 0 Å². The smallest absolute Gasteiger partial charge is 0.305 e. The first-order valence-corrected chi connectivity index (χ1v) is 8.58. The Hall–Kier alpha value is -2.07. The molecule has 0 radical (unpaired) electrons. The van der Waals surface area contributed by atoms with Gasteiger partial charge >= 0.3 is 5.97 Å². The Balaban J connectivity index is 1.96. The average molecular weight is 326 g/mol. The summed E-state index contributed by atoms with van der Waals surface area (Å²) in [5, 5.41) is 0. The van der Waals surface area contributed by atoms with E-state index in [0.717, 1.165) is 20.9 Å². The number of ether oxygens (including phenoxy) is 1. The predicted octanol–water partition coefficient (Wildman–Crippen LogP) is 4.46. The fourth-order valence-electron chi connectivity index (χ4n) is 2.85. The van der Waals surface area contributed by atoms with Crippen LogP contribution in [0, 0.1) is 0 Å². The zero-order valence-corrected chi connectivity index (χ0v) is 13.8. The molecular weight excluding hydrogens is 308 g/mol. The van der Waals surface area contributed by atoms with Crippen molar-refractivity contribution in [3.63, 3.8) is 0 Å². The molecule has 0 amide bonds. The van der Waals surface area contributed by atoms with E-state index in [1.54, 1.807) is 18.7 Å². The molecular formula is C19H18O3S. The fourth-order valence-corrected chi connectivity index (χ4v) is 3.99. The third-order valence-corrected chi connectivity index (χ3v) is 5.09. The van der Waals surface area contributed by atoms with E-state index >= 15 is 0 Å². The monoisotopic (exact) mass is 326 g/mol. The number of esters is 1. The van der Waals surface area contributed by atoms with Crippen LogP contribution in [0.15, 0.2) is 58.3 Å². The van der Waals surface area contributed by atoms with Crippen LogP contribution in [0.2, 0.25) is 0 Å². The molecule has 0 bridgehead atoms. The van der Waals surface area contributed by atoms with Crippen LogP contribution in [0.4, 0.5) is 0 Å². The first kappa shape index (κ1) is 15.8. The fraction of sp³-hybridized carbons (Fsp3) is 0.263. The minimum atomic E-state index is -0.299. The van der Waals surface area contributed by atoms with Crippen molar-refractivity contribution in [2.24, 2.45) is 0 Å². The molecule has 0 fully saturated rings. The van der Waals surface area contributed by atoms with E-state index in [-0.39, 0.29) is 24.1 Å². The normalized spacial score (nSPS) is 16.2. The summed E-state index contributed by atoms with van der Waals surface area (Å²) in [5.41, 5.74) is 1.74. The maximum absolute atomic E-state index is 13.0. The molecule has 1 aliphatic heterocycles. The highest BCUT2D eigenvalue weighted by molar-refractivity contribution is 7.99. The predicted molar refractivity (Wildman–Crippen MR) is 89.9 cm³/mol. The molecule has 0 N–H and O–H groups in total. The number of carbonyl (C=O) groups is 2. The lowest BCUT2D eigenvalue weighted by Gasteiger charge is -2.16. The molecule has 1 aliphatic rings. The van der Waals surface area contributed by atoms with Crippen LogP contribution >= 0.6 is 11.8 Å². The van der Waals surface area contributed by atoms with Crippen molar-refractivity contribution in [3.8, 4) is 0 Å². The lowest BCUT2D eigenvalue weighted by Crippen LogP contribution is -2.15. The molecule has 0 saturated carbocycles. The SMILES string of the molecule is CCOC(=O)CCC1C(=O)c2ccccc2Sc2ccccc21. The Morgan fingerprint density at radius 1 is 1.09 bits per heavy atom. The Kier molecular flexibility index (Phi) is 4.82. The highest BCUT2D eigenvalue weighted by Gasteiger charge is 2.30. The molecule has 0 aliphatic carbocycles. The largest absolute Gasteiger partial charge is 0.466 e. The first-order valence-electron chi connectivity index (χ1n) is 7.76. The van der Waals surface area contributed by atoms with Gasteiger partial charge in [-0.3, -0.25) is 9.59 Å². The Morgan fingerprint density at radius 2 is 1.78 bits per heavy atom. The van der Waals surface area contributed by atoms with E-state index in [1.807, 2.05) is 48.5 Å². The van der Waals surface area contributed by atoms with Gasteiger partial charge in [-0.05, 0) is 31.0 Å². The van der Waals surface area contributed by atoms with Crippen LogP contribution in [-0.4, -0.2) is 18.4 Å². The maximum atomic E-state index is 13.0.